The molecule has 0 spiro atoms. The summed E-state index contributed by atoms with van der Waals surface area (Å²) in [6.45, 7) is 1.79. The van der Waals surface area contributed by atoms with Gasteiger partial charge < -0.3 is 10.2 Å². The highest BCUT2D eigenvalue weighted by molar-refractivity contribution is 5.88. The molecular weight excluding hydrogens is 276 g/mol. The molecule has 0 atom stereocenters. The van der Waals surface area contributed by atoms with E-state index >= 15 is 0 Å². The minimum Gasteiger partial charge on any atom is -0.469 e. The van der Waals surface area contributed by atoms with E-state index in [-0.39, 0.29) is 0 Å². The summed E-state index contributed by atoms with van der Waals surface area (Å²) in [5.74, 6) is -0.340. The number of anilines is 1. The SMILES string of the molecule is Cc1occc1-c1nn(C)c(N)c1-c1cc(F)cc(F)c1. The summed E-state index contributed by atoms with van der Waals surface area (Å²) < 4.78 is 33.7. The molecule has 0 aliphatic carbocycles. The molecule has 3 rings (SSSR count). The van der Waals surface area contributed by atoms with E-state index < -0.39 is 11.6 Å². The molecule has 3 aromatic rings. The maximum absolute atomic E-state index is 13.5. The lowest BCUT2D eigenvalue weighted by atomic mass is 10.0. The molecule has 0 bridgehead atoms. The number of nitrogens with two attached hydrogens (primary N) is 1. The van der Waals surface area contributed by atoms with Gasteiger partial charge in [-0.25, -0.2) is 8.78 Å². The molecule has 21 heavy (non-hydrogen) atoms. The molecule has 0 saturated heterocycles. The van der Waals surface area contributed by atoms with Crippen LogP contribution >= 0.6 is 0 Å². The zero-order valence-corrected chi connectivity index (χ0v) is 11.5. The van der Waals surface area contributed by atoms with Crippen molar-refractivity contribution >= 4 is 5.82 Å². The lowest BCUT2D eigenvalue weighted by molar-refractivity contribution is 0.535. The molecule has 0 unspecified atom stereocenters. The first-order valence-corrected chi connectivity index (χ1v) is 6.30. The number of furan rings is 1. The van der Waals surface area contributed by atoms with Crippen LogP contribution in [0.3, 0.4) is 0 Å². The number of rotatable bonds is 2. The maximum Gasteiger partial charge on any atom is 0.129 e. The van der Waals surface area contributed by atoms with Gasteiger partial charge in [0.05, 0.1) is 11.8 Å². The Bertz CT molecular complexity index is 800. The summed E-state index contributed by atoms with van der Waals surface area (Å²) in [6, 6.07) is 5.03. The van der Waals surface area contributed by atoms with Gasteiger partial charge in [0.25, 0.3) is 0 Å². The van der Waals surface area contributed by atoms with Crippen molar-refractivity contribution in [1.82, 2.24) is 9.78 Å². The molecule has 0 aliphatic rings. The molecule has 2 heterocycles. The summed E-state index contributed by atoms with van der Waals surface area (Å²) in [6.07, 6.45) is 1.53. The Balaban J connectivity index is 2.29. The quantitative estimate of drug-likeness (QED) is 0.785. The molecule has 0 saturated carbocycles. The number of nitrogens with zero attached hydrogens (tertiary/aromatic N) is 2. The molecule has 0 radical (unpaired) electrons. The van der Waals surface area contributed by atoms with Crippen LogP contribution in [0.15, 0.2) is 34.9 Å². The van der Waals surface area contributed by atoms with Crippen molar-refractivity contribution in [2.75, 3.05) is 5.73 Å². The van der Waals surface area contributed by atoms with Gasteiger partial charge in [0, 0.05) is 18.7 Å². The molecule has 6 heteroatoms. The van der Waals surface area contributed by atoms with Crippen LogP contribution in [0.1, 0.15) is 5.76 Å². The molecule has 0 fully saturated rings. The van der Waals surface area contributed by atoms with Crippen LogP contribution in [-0.2, 0) is 7.05 Å². The molecule has 4 nitrogen and oxygen atoms in total. The normalized spacial score (nSPS) is 11.0. The number of aromatic nitrogens is 2. The average molecular weight is 289 g/mol. The fourth-order valence-corrected chi connectivity index (χ4v) is 2.34. The minimum atomic E-state index is -0.664. The first-order valence-electron chi connectivity index (χ1n) is 6.30. The number of hydrogen-bond donors (Lipinski definition) is 1. The second-order valence-electron chi connectivity index (χ2n) is 4.78. The van der Waals surface area contributed by atoms with E-state index in [9.17, 15) is 8.78 Å². The fourth-order valence-electron chi connectivity index (χ4n) is 2.34. The third-order valence-electron chi connectivity index (χ3n) is 3.36. The maximum atomic E-state index is 13.5. The average Bonchev–Trinajstić information content (AvgIpc) is 2.93. The molecule has 1 aromatic carbocycles. The summed E-state index contributed by atoms with van der Waals surface area (Å²) in [4.78, 5) is 0. The van der Waals surface area contributed by atoms with Crippen LogP contribution in [-0.4, -0.2) is 9.78 Å². The van der Waals surface area contributed by atoms with Gasteiger partial charge in [-0.1, -0.05) is 0 Å². The molecule has 2 aromatic heterocycles. The van der Waals surface area contributed by atoms with Crippen LogP contribution in [0.2, 0.25) is 0 Å². The van der Waals surface area contributed by atoms with Crippen LogP contribution in [0.5, 0.6) is 0 Å². The van der Waals surface area contributed by atoms with Crippen LogP contribution in [0, 0.1) is 18.6 Å². The Morgan fingerprint density at radius 1 is 1.19 bits per heavy atom. The van der Waals surface area contributed by atoms with Crippen molar-refractivity contribution in [3.8, 4) is 22.4 Å². The highest BCUT2D eigenvalue weighted by Gasteiger charge is 2.20. The fraction of sp³-hybridized carbons (Fsp3) is 0.133. The van der Waals surface area contributed by atoms with Gasteiger partial charge in [-0.15, -0.1) is 0 Å². The van der Waals surface area contributed by atoms with Crippen LogP contribution < -0.4 is 5.73 Å². The highest BCUT2D eigenvalue weighted by atomic mass is 19.1. The van der Waals surface area contributed by atoms with E-state index in [1.165, 1.54) is 23.1 Å². The lowest BCUT2D eigenvalue weighted by Gasteiger charge is -2.04. The van der Waals surface area contributed by atoms with Gasteiger partial charge in [-0.05, 0) is 30.7 Å². The van der Waals surface area contributed by atoms with Crippen LogP contribution in [0.25, 0.3) is 22.4 Å². The molecule has 0 aliphatic heterocycles. The molecule has 108 valence electrons. The van der Waals surface area contributed by atoms with Gasteiger partial charge in [0.2, 0.25) is 0 Å². The number of nitrogen functional groups attached to an aromatic ring is 1. The third-order valence-corrected chi connectivity index (χ3v) is 3.36. The van der Waals surface area contributed by atoms with Crippen LogP contribution in [0.4, 0.5) is 14.6 Å². The molecule has 2 N–H and O–H groups in total. The number of benzene rings is 1. The van der Waals surface area contributed by atoms with Crippen molar-refractivity contribution in [2.24, 2.45) is 7.05 Å². The second-order valence-corrected chi connectivity index (χ2v) is 4.78. The lowest BCUT2D eigenvalue weighted by Crippen LogP contribution is -1.98. The van der Waals surface area contributed by atoms with Gasteiger partial charge in [0.15, 0.2) is 0 Å². The zero-order chi connectivity index (χ0) is 15.1. The topological polar surface area (TPSA) is 57.0 Å². The Labute approximate surface area is 119 Å². The summed E-state index contributed by atoms with van der Waals surface area (Å²) in [5.41, 5.74) is 8.12. The van der Waals surface area contributed by atoms with Crippen molar-refractivity contribution < 1.29 is 13.2 Å². The number of halogens is 2. The Hall–Kier alpha value is -2.63. The number of aryl methyl sites for hydroxylation is 2. The third kappa shape index (κ3) is 2.18. The Morgan fingerprint density at radius 3 is 2.43 bits per heavy atom. The Kier molecular flexibility index (Phi) is 3.01. The summed E-state index contributed by atoms with van der Waals surface area (Å²) in [5, 5.41) is 4.34. The predicted molar refractivity (Wildman–Crippen MR) is 75.4 cm³/mol. The highest BCUT2D eigenvalue weighted by Crippen LogP contribution is 2.37. The van der Waals surface area contributed by atoms with E-state index in [1.807, 2.05) is 0 Å². The van der Waals surface area contributed by atoms with Crippen molar-refractivity contribution in [3.05, 3.63) is 47.9 Å². The van der Waals surface area contributed by atoms with Gasteiger partial charge in [-0.3, -0.25) is 4.68 Å². The molecule has 0 amide bonds. The largest absolute Gasteiger partial charge is 0.469 e. The zero-order valence-electron chi connectivity index (χ0n) is 11.5. The predicted octanol–water partition coefficient (Wildman–Crippen LogP) is 3.52. The standard InChI is InChI=1S/C15H13F2N3O/c1-8-12(3-4-21-8)14-13(15(18)20(2)19-14)9-5-10(16)7-11(17)6-9/h3-7H,18H2,1-2H3. The minimum absolute atomic E-state index is 0.329. The second kappa shape index (κ2) is 4.73. The van der Waals surface area contributed by atoms with E-state index in [2.05, 4.69) is 5.10 Å². The monoisotopic (exact) mass is 289 g/mol. The van der Waals surface area contributed by atoms with E-state index in [4.69, 9.17) is 10.2 Å². The smallest absolute Gasteiger partial charge is 0.129 e. The van der Waals surface area contributed by atoms with Gasteiger partial charge in [0.1, 0.15) is 28.9 Å². The summed E-state index contributed by atoms with van der Waals surface area (Å²) in [7, 11) is 1.67. The van der Waals surface area contributed by atoms with E-state index in [0.717, 1.165) is 11.6 Å². The first kappa shape index (κ1) is 13.4. The summed E-state index contributed by atoms with van der Waals surface area (Å²) >= 11 is 0. The van der Waals surface area contributed by atoms with Crippen molar-refractivity contribution in [2.45, 2.75) is 6.92 Å². The van der Waals surface area contributed by atoms with E-state index in [0.29, 0.717) is 28.4 Å². The van der Waals surface area contributed by atoms with Crippen molar-refractivity contribution in [1.29, 1.82) is 0 Å². The van der Waals surface area contributed by atoms with Gasteiger partial charge >= 0.3 is 0 Å². The Morgan fingerprint density at radius 2 is 1.86 bits per heavy atom. The molecular formula is C15H13F2N3O. The van der Waals surface area contributed by atoms with Gasteiger partial charge in [-0.2, -0.15) is 5.10 Å². The first-order chi connectivity index (χ1) is 9.97. The van der Waals surface area contributed by atoms with Crippen molar-refractivity contribution in [3.63, 3.8) is 0 Å². The number of hydrogen-bond acceptors (Lipinski definition) is 3. The van der Waals surface area contributed by atoms with E-state index in [1.54, 1.807) is 20.0 Å².